The van der Waals surface area contributed by atoms with Gasteiger partial charge in [-0.15, -0.1) is 12.4 Å². The second kappa shape index (κ2) is 7.96. The number of carbonyl (C=O) groups is 1. The maximum absolute atomic E-state index is 12.2. The molecule has 120 valence electrons. The molecule has 3 N–H and O–H groups in total. The van der Waals surface area contributed by atoms with E-state index in [-0.39, 0.29) is 30.3 Å². The van der Waals surface area contributed by atoms with Gasteiger partial charge in [-0.3, -0.25) is 9.48 Å². The Balaban J connectivity index is 0.00000242. The quantitative estimate of drug-likeness (QED) is 0.885. The summed E-state index contributed by atoms with van der Waals surface area (Å²) >= 11 is 0. The number of aryl methyl sites for hydroxylation is 1. The summed E-state index contributed by atoms with van der Waals surface area (Å²) in [5.74, 6) is -0.334. The van der Waals surface area contributed by atoms with Gasteiger partial charge in [0.15, 0.2) is 0 Å². The Bertz CT molecular complexity index is 612. The highest BCUT2D eigenvalue weighted by atomic mass is 35.5. The summed E-state index contributed by atoms with van der Waals surface area (Å²) < 4.78 is 1.79. The number of nitrogens with one attached hydrogen (secondary N) is 1. The summed E-state index contributed by atoms with van der Waals surface area (Å²) in [5.41, 5.74) is 9.21. The van der Waals surface area contributed by atoms with Crippen LogP contribution in [0.4, 0.5) is 0 Å². The van der Waals surface area contributed by atoms with Crippen molar-refractivity contribution in [2.24, 2.45) is 18.7 Å². The monoisotopic (exact) mass is 322 g/mol. The summed E-state index contributed by atoms with van der Waals surface area (Å²) in [6.07, 6.45) is 1.78. The van der Waals surface area contributed by atoms with E-state index in [4.69, 9.17) is 5.73 Å². The van der Waals surface area contributed by atoms with Crippen LogP contribution in [-0.2, 0) is 18.4 Å². The van der Waals surface area contributed by atoms with Crippen LogP contribution in [-0.4, -0.2) is 15.7 Å². The lowest BCUT2D eigenvalue weighted by molar-refractivity contribution is -0.125. The highest BCUT2D eigenvalue weighted by Gasteiger charge is 2.22. The highest BCUT2D eigenvalue weighted by Crippen LogP contribution is 2.19. The summed E-state index contributed by atoms with van der Waals surface area (Å²) in [6, 6.07) is 9.38. The molecule has 2 unspecified atom stereocenters. The molecule has 2 rings (SSSR count). The molecule has 0 aliphatic rings. The third kappa shape index (κ3) is 4.08. The van der Waals surface area contributed by atoms with Gasteiger partial charge in [0.25, 0.3) is 0 Å². The Kier molecular flexibility index (Phi) is 6.59. The van der Waals surface area contributed by atoms with E-state index in [1.165, 1.54) is 0 Å². The van der Waals surface area contributed by atoms with Crippen molar-refractivity contribution >= 4 is 18.3 Å². The molecule has 1 aromatic carbocycles. The third-order valence-corrected chi connectivity index (χ3v) is 3.93. The van der Waals surface area contributed by atoms with E-state index in [9.17, 15) is 4.79 Å². The highest BCUT2D eigenvalue weighted by molar-refractivity contribution is 5.85. The van der Waals surface area contributed by atoms with Crippen LogP contribution in [0.2, 0.25) is 0 Å². The van der Waals surface area contributed by atoms with Gasteiger partial charge in [-0.25, -0.2) is 0 Å². The van der Waals surface area contributed by atoms with Crippen LogP contribution in [0.5, 0.6) is 0 Å². The molecule has 6 heteroatoms. The SMILES string of the molecule is Cc1c(CNC(=O)C(C)C(N)c2ccccc2)cnn1C.Cl. The molecule has 0 aliphatic carbocycles. The van der Waals surface area contributed by atoms with Crippen molar-refractivity contribution in [2.75, 3.05) is 0 Å². The van der Waals surface area contributed by atoms with E-state index < -0.39 is 0 Å². The predicted molar refractivity (Wildman–Crippen MR) is 89.6 cm³/mol. The van der Waals surface area contributed by atoms with E-state index in [1.807, 2.05) is 51.2 Å². The summed E-state index contributed by atoms with van der Waals surface area (Å²) in [4.78, 5) is 12.2. The van der Waals surface area contributed by atoms with Crippen molar-refractivity contribution in [3.8, 4) is 0 Å². The van der Waals surface area contributed by atoms with E-state index in [2.05, 4.69) is 10.4 Å². The molecule has 1 heterocycles. The zero-order chi connectivity index (χ0) is 15.4. The second-order valence-corrected chi connectivity index (χ2v) is 5.32. The molecule has 0 fully saturated rings. The van der Waals surface area contributed by atoms with Crippen LogP contribution in [0.15, 0.2) is 36.5 Å². The van der Waals surface area contributed by atoms with Crippen LogP contribution in [0.3, 0.4) is 0 Å². The van der Waals surface area contributed by atoms with Gasteiger partial charge in [-0.05, 0) is 12.5 Å². The molecule has 0 radical (unpaired) electrons. The van der Waals surface area contributed by atoms with Crippen molar-refractivity contribution in [1.82, 2.24) is 15.1 Å². The molecule has 0 spiro atoms. The lowest BCUT2D eigenvalue weighted by Crippen LogP contribution is -2.35. The molecule has 2 atom stereocenters. The third-order valence-electron chi connectivity index (χ3n) is 3.93. The largest absolute Gasteiger partial charge is 0.352 e. The number of nitrogens with two attached hydrogens (primary N) is 1. The fraction of sp³-hybridized carbons (Fsp3) is 0.375. The Morgan fingerprint density at radius 2 is 2.00 bits per heavy atom. The van der Waals surface area contributed by atoms with E-state index in [0.717, 1.165) is 16.8 Å². The molecule has 0 aliphatic heterocycles. The first-order valence-corrected chi connectivity index (χ1v) is 7.06. The Morgan fingerprint density at radius 1 is 1.36 bits per heavy atom. The number of hydrogen-bond donors (Lipinski definition) is 2. The van der Waals surface area contributed by atoms with Crippen molar-refractivity contribution in [3.63, 3.8) is 0 Å². The van der Waals surface area contributed by atoms with Crippen molar-refractivity contribution in [3.05, 3.63) is 53.3 Å². The average Bonchev–Trinajstić information content (AvgIpc) is 2.83. The number of amides is 1. The zero-order valence-corrected chi connectivity index (χ0v) is 13.9. The Morgan fingerprint density at radius 3 is 2.55 bits per heavy atom. The first kappa shape index (κ1) is 18.2. The first-order valence-electron chi connectivity index (χ1n) is 7.06. The van der Waals surface area contributed by atoms with Crippen LogP contribution < -0.4 is 11.1 Å². The summed E-state index contributed by atoms with van der Waals surface area (Å²) in [6.45, 7) is 4.31. The maximum Gasteiger partial charge on any atom is 0.225 e. The number of carbonyl (C=O) groups excluding carboxylic acids is 1. The minimum atomic E-state index is -0.304. The normalized spacial score (nSPS) is 13.1. The van der Waals surface area contributed by atoms with E-state index >= 15 is 0 Å². The van der Waals surface area contributed by atoms with E-state index in [0.29, 0.717) is 6.54 Å². The van der Waals surface area contributed by atoms with Gasteiger partial charge >= 0.3 is 0 Å². The minimum Gasteiger partial charge on any atom is -0.352 e. The van der Waals surface area contributed by atoms with Gasteiger partial charge in [0, 0.05) is 30.9 Å². The molecule has 5 nitrogen and oxygen atoms in total. The summed E-state index contributed by atoms with van der Waals surface area (Å²) in [7, 11) is 1.88. The fourth-order valence-electron chi connectivity index (χ4n) is 2.19. The van der Waals surface area contributed by atoms with Gasteiger partial charge in [-0.2, -0.15) is 5.10 Å². The molecule has 2 aromatic rings. The molecule has 22 heavy (non-hydrogen) atoms. The second-order valence-electron chi connectivity index (χ2n) is 5.32. The molecular formula is C16H23ClN4O. The van der Waals surface area contributed by atoms with Crippen molar-refractivity contribution < 1.29 is 4.79 Å². The lowest BCUT2D eigenvalue weighted by Gasteiger charge is -2.19. The van der Waals surface area contributed by atoms with Crippen molar-refractivity contribution in [1.29, 1.82) is 0 Å². The van der Waals surface area contributed by atoms with Gasteiger partial charge in [-0.1, -0.05) is 37.3 Å². The van der Waals surface area contributed by atoms with Crippen LogP contribution in [0.25, 0.3) is 0 Å². The van der Waals surface area contributed by atoms with Gasteiger partial charge in [0.2, 0.25) is 5.91 Å². The molecule has 1 aromatic heterocycles. The predicted octanol–water partition coefficient (Wildman–Crippen LogP) is 2.10. The van der Waals surface area contributed by atoms with Gasteiger partial charge < -0.3 is 11.1 Å². The smallest absolute Gasteiger partial charge is 0.225 e. The maximum atomic E-state index is 12.2. The number of benzene rings is 1. The average molecular weight is 323 g/mol. The summed E-state index contributed by atoms with van der Waals surface area (Å²) in [5, 5.41) is 7.09. The fourth-order valence-corrected chi connectivity index (χ4v) is 2.19. The lowest BCUT2D eigenvalue weighted by atomic mass is 9.94. The Labute approximate surface area is 137 Å². The molecule has 0 saturated heterocycles. The molecule has 0 bridgehead atoms. The number of aromatic nitrogens is 2. The van der Waals surface area contributed by atoms with E-state index in [1.54, 1.807) is 10.9 Å². The topological polar surface area (TPSA) is 72.9 Å². The van der Waals surface area contributed by atoms with Gasteiger partial charge in [0.05, 0.1) is 12.1 Å². The standard InChI is InChI=1S/C16H22N4O.ClH/c1-11(15(17)13-7-5-4-6-8-13)16(21)18-9-14-10-19-20(3)12(14)2;/h4-8,10-11,15H,9,17H2,1-3H3,(H,18,21);1H. The van der Waals surface area contributed by atoms with Crippen LogP contribution in [0, 0.1) is 12.8 Å². The number of rotatable bonds is 5. The number of hydrogen-bond acceptors (Lipinski definition) is 3. The van der Waals surface area contributed by atoms with Crippen LogP contribution >= 0.6 is 12.4 Å². The minimum absolute atomic E-state index is 0. The van der Waals surface area contributed by atoms with Crippen LogP contribution in [0.1, 0.15) is 29.8 Å². The van der Waals surface area contributed by atoms with Gasteiger partial charge in [0.1, 0.15) is 0 Å². The van der Waals surface area contributed by atoms with Crippen molar-refractivity contribution in [2.45, 2.75) is 26.4 Å². The number of halogens is 1. The Hall–Kier alpha value is -1.85. The molecular weight excluding hydrogens is 300 g/mol. The molecule has 0 saturated carbocycles. The first-order chi connectivity index (χ1) is 10.0. The molecule has 1 amide bonds. The number of nitrogens with zero attached hydrogens (tertiary/aromatic N) is 2. The zero-order valence-electron chi connectivity index (χ0n) is 13.1.